The van der Waals surface area contributed by atoms with Gasteiger partial charge in [-0.2, -0.15) is 0 Å². The van der Waals surface area contributed by atoms with Gasteiger partial charge in [0.05, 0.1) is 16.8 Å². The maximum atomic E-state index is 11.2. The number of rotatable bonds is 3. The third-order valence-corrected chi connectivity index (χ3v) is 3.34. The Morgan fingerprint density at radius 3 is 2.62 bits per heavy atom. The maximum Gasteiger partial charge on any atom is 0.337 e. The molecule has 2 aromatic carbocycles. The minimum Gasteiger partial charge on any atom is -0.478 e. The molecule has 21 heavy (non-hydrogen) atoms. The quantitative estimate of drug-likeness (QED) is 0.760. The molecule has 0 radical (unpaired) electrons. The number of benzene rings is 2. The molecular weight excluding hydrogens is 264 g/mol. The first-order valence-electron chi connectivity index (χ1n) is 6.61. The summed E-state index contributed by atoms with van der Waals surface area (Å²) in [4.78, 5) is 15.8. The van der Waals surface area contributed by atoms with Crippen LogP contribution in [0.25, 0.3) is 10.9 Å². The van der Waals surface area contributed by atoms with Gasteiger partial charge >= 0.3 is 5.97 Å². The third kappa shape index (κ3) is 2.56. The Morgan fingerprint density at radius 2 is 1.81 bits per heavy atom. The zero-order valence-corrected chi connectivity index (χ0v) is 11.5. The Morgan fingerprint density at radius 1 is 1.10 bits per heavy atom. The van der Waals surface area contributed by atoms with Gasteiger partial charge in [0.1, 0.15) is 5.82 Å². The lowest BCUT2D eigenvalue weighted by molar-refractivity contribution is 0.0698. The van der Waals surface area contributed by atoms with E-state index in [-0.39, 0.29) is 5.56 Å². The SMILES string of the molecule is Cc1cc(Nc2ccccc2C(=O)O)nc2ccccc12. The molecule has 0 fully saturated rings. The van der Waals surface area contributed by atoms with Gasteiger partial charge < -0.3 is 10.4 Å². The largest absolute Gasteiger partial charge is 0.478 e. The van der Waals surface area contributed by atoms with Crippen LogP contribution in [0, 0.1) is 6.92 Å². The molecule has 2 N–H and O–H groups in total. The molecule has 1 heterocycles. The molecule has 0 unspecified atom stereocenters. The van der Waals surface area contributed by atoms with E-state index in [4.69, 9.17) is 0 Å². The lowest BCUT2D eigenvalue weighted by Crippen LogP contribution is -2.03. The normalized spacial score (nSPS) is 10.5. The summed E-state index contributed by atoms with van der Waals surface area (Å²) >= 11 is 0. The number of fused-ring (bicyclic) bond motifs is 1. The van der Waals surface area contributed by atoms with E-state index in [1.807, 2.05) is 37.3 Å². The highest BCUT2D eigenvalue weighted by Crippen LogP contribution is 2.24. The molecule has 0 aliphatic heterocycles. The fourth-order valence-corrected chi connectivity index (χ4v) is 2.33. The van der Waals surface area contributed by atoms with E-state index >= 15 is 0 Å². The van der Waals surface area contributed by atoms with Gasteiger partial charge in [0.15, 0.2) is 0 Å². The van der Waals surface area contributed by atoms with E-state index in [9.17, 15) is 9.90 Å². The van der Waals surface area contributed by atoms with Gasteiger partial charge in [0.2, 0.25) is 0 Å². The van der Waals surface area contributed by atoms with E-state index < -0.39 is 5.97 Å². The average Bonchev–Trinajstić information content (AvgIpc) is 2.47. The summed E-state index contributed by atoms with van der Waals surface area (Å²) in [7, 11) is 0. The number of aryl methyl sites for hydroxylation is 1. The number of para-hydroxylation sites is 2. The smallest absolute Gasteiger partial charge is 0.337 e. The fourth-order valence-electron chi connectivity index (χ4n) is 2.33. The monoisotopic (exact) mass is 278 g/mol. The molecule has 4 heteroatoms. The molecule has 4 nitrogen and oxygen atoms in total. The summed E-state index contributed by atoms with van der Waals surface area (Å²) in [5, 5.41) is 13.4. The maximum absolute atomic E-state index is 11.2. The van der Waals surface area contributed by atoms with Crippen LogP contribution in [0.3, 0.4) is 0 Å². The lowest BCUT2D eigenvalue weighted by Gasteiger charge is -2.11. The predicted molar refractivity (Wildman–Crippen MR) is 83.2 cm³/mol. The van der Waals surface area contributed by atoms with Crippen LogP contribution in [0.2, 0.25) is 0 Å². The molecule has 0 spiro atoms. The van der Waals surface area contributed by atoms with Crippen molar-refractivity contribution in [3.8, 4) is 0 Å². The summed E-state index contributed by atoms with van der Waals surface area (Å²) < 4.78 is 0. The van der Waals surface area contributed by atoms with Crippen LogP contribution < -0.4 is 5.32 Å². The van der Waals surface area contributed by atoms with Gasteiger partial charge in [-0.3, -0.25) is 0 Å². The Labute approximate surface area is 122 Å². The van der Waals surface area contributed by atoms with Crippen molar-refractivity contribution in [2.45, 2.75) is 6.92 Å². The number of carboxylic acid groups (broad SMARTS) is 1. The topological polar surface area (TPSA) is 62.2 Å². The summed E-state index contributed by atoms with van der Waals surface area (Å²) in [5.41, 5.74) is 2.74. The van der Waals surface area contributed by atoms with E-state index in [2.05, 4.69) is 10.3 Å². The highest BCUT2D eigenvalue weighted by Gasteiger charge is 2.10. The molecule has 0 aliphatic carbocycles. The van der Waals surface area contributed by atoms with Crippen LogP contribution in [-0.2, 0) is 0 Å². The number of nitrogens with zero attached hydrogens (tertiary/aromatic N) is 1. The highest BCUT2D eigenvalue weighted by atomic mass is 16.4. The number of hydrogen-bond donors (Lipinski definition) is 2. The molecule has 0 bridgehead atoms. The van der Waals surface area contributed by atoms with Crippen molar-refractivity contribution in [1.29, 1.82) is 0 Å². The molecule has 104 valence electrons. The molecule has 3 rings (SSSR count). The first-order chi connectivity index (χ1) is 10.1. The molecule has 1 aromatic heterocycles. The van der Waals surface area contributed by atoms with E-state index in [1.165, 1.54) is 0 Å². The first kappa shape index (κ1) is 13.1. The highest BCUT2D eigenvalue weighted by molar-refractivity contribution is 5.95. The second-order valence-corrected chi connectivity index (χ2v) is 4.82. The molecule has 0 atom stereocenters. The summed E-state index contributed by atoms with van der Waals surface area (Å²) in [6, 6.07) is 16.6. The van der Waals surface area contributed by atoms with Crippen LogP contribution in [0.15, 0.2) is 54.6 Å². The third-order valence-electron chi connectivity index (χ3n) is 3.34. The van der Waals surface area contributed by atoms with Gasteiger partial charge in [-0.1, -0.05) is 30.3 Å². The van der Waals surface area contributed by atoms with Gasteiger partial charge in [0, 0.05) is 5.39 Å². The van der Waals surface area contributed by atoms with Gasteiger partial charge in [-0.05, 0) is 36.8 Å². The number of nitrogens with one attached hydrogen (secondary N) is 1. The standard InChI is InChI=1S/C17H14N2O2/c1-11-10-16(18-14-8-4-2-6-12(11)14)19-15-9-5-3-7-13(15)17(20)21/h2-10H,1H3,(H,18,19)(H,20,21). The van der Waals surface area contributed by atoms with Gasteiger partial charge in [-0.25, -0.2) is 9.78 Å². The van der Waals surface area contributed by atoms with Crippen molar-refractivity contribution in [2.24, 2.45) is 0 Å². The number of pyridine rings is 1. The number of aromatic nitrogens is 1. The van der Waals surface area contributed by atoms with Crippen molar-refractivity contribution in [3.63, 3.8) is 0 Å². The Balaban J connectivity index is 2.05. The van der Waals surface area contributed by atoms with Crippen LogP contribution in [0.5, 0.6) is 0 Å². The molecule has 0 saturated heterocycles. The molecule has 3 aromatic rings. The minimum atomic E-state index is -0.962. The molecule has 0 aliphatic rings. The molecule has 0 saturated carbocycles. The number of carboxylic acids is 1. The zero-order chi connectivity index (χ0) is 14.8. The summed E-state index contributed by atoms with van der Waals surface area (Å²) in [6.45, 7) is 2.01. The second-order valence-electron chi connectivity index (χ2n) is 4.82. The second kappa shape index (κ2) is 5.25. The number of hydrogen-bond acceptors (Lipinski definition) is 3. The predicted octanol–water partition coefficient (Wildman–Crippen LogP) is 3.99. The number of carbonyl (C=O) groups is 1. The lowest BCUT2D eigenvalue weighted by atomic mass is 10.1. The Bertz CT molecular complexity index is 828. The van der Waals surface area contributed by atoms with Crippen LogP contribution >= 0.6 is 0 Å². The van der Waals surface area contributed by atoms with E-state index in [0.29, 0.717) is 11.5 Å². The van der Waals surface area contributed by atoms with Gasteiger partial charge in [0.25, 0.3) is 0 Å². The fraction of sp³-hybridized carbons (Fsp3) is 0.0588. The van der Waals surface area contributed by atoms with Crippen molar-refractivity contribution in [1.82, 2.24) is 4.98 Å². The summed E-state index contributed by atoms with van der Waals surface area (Å²) in [6.07, 6.45) is 0. The van der Waals surface area contributed by atoms with Gasteiger partial charge in [-0.15, -0.1) is 0 Å². The number of anilines is 2. The minimum absolute atomic E-state index is 0.227. The van der Waals surface area contributed by atoms with Crippen LogP contribution in [-0.4, -0.2) is 16.1 Å². The zero-order valence-electron chi connectivity index (χ0n) is 11.5. The Hall–Kier alpha value is -2.88. The van der Waals surface area contributed by atoms with E-state index in [0.717, 1.165) is 16.5 Å². The van der Waals surface area contributed by atoms with Crippen LogP contribution in [0.1, 0.15) is 15.9 Å². The first-order valence-corrected chi connectivity index (χ1v) is 6.61. The van der Waals surface area contributed by atoms with E-state index in [1.54, 1.807) is 24.3 Å². The van der Waals surface area contributed by atoms with Crippen molar-refractivity contribution < 1.29 is 9.90 Å². The molecular formula is C17H14N2O2. The average molecular weight is 278 g/mol. The van der Waals surface area contributed by atoms with Crippen molar-refractivity contribution in [2.75, 3.05) is 5.32 Å². The number of aromatic carboxylic acids is 1. The summed E-state index contributed by atoms with van der Waals surface area (Å²) in [5.74, 6) is -0.324. The Kier molecular flexibility index (Phi) is 3.28. The van der Waals surface area contributed by atoms with Crippen LogP contribution in [0.4, 0.5) is 11.5 Å². The van der Waals surface area contributed by atoms with Crippen molar-refractivity contribution >= 4 is 28.4 Å². The van der Waals surface area contributed by atoms with Crippen molar-refractivity contribution in [3.05, 3.63) is 65.7 Å². The molecule has 0 amide bonds.